The Kier molecular flexibility index (Phi) is 7.35. The average Bonchev–Trinajstić information content (AvgIpc) is 2.76. The van der Waals surface area contributed by atoms with Gasteiger partial charge >= 0.3 is 0 Å². The van der Waals surface area contributed by atoms with Gasteiger partial charge in [0.1, 0.15) is 11.5 Å². The van der Waals surface area contributed by atoms with Gasteiger partial charge in [-0.2, -0.15) is 0 Å². The van der Waals surface area contributed by atoms with Crippen molar-refractivity contribution in [3.63, 3.8) is 0 Å². The first-order valence-corrected chi connectivity index (χ1v) is 12.0. The molecule has 168 valence electrons. The largest absolute Gasteiger partial charge is 0.457 e. The first kappa shape index (κ1) is 23.2. The summed E-state index contributed by atoms with van der Waals surface area (Å²) in [6.45, 7) is 6.30. The molecule has 7 nitrogen and oxygen atoms in total. The first-order valence-electron chi connectivity index (χ1n) is 10.5. The molecule has 0 spiro atoms. The lowest BCUT2D eigenvalue weighted by atomic mass is 9.91. The van der Waals surface area contributed by atoms with Crippen LogP contribution >= 0.6 is 0 Å². The van der Waals surface area contributed by atoms with E-state index in [1.807, 2.05) is 30.3 Å². The number of likely N-dealkylation sites (tertiary alicyclic amines) is 1. The average molecular weight is 447 g/mol. The van der Waals surface area contributed by atoms with Crippen LogP contribution in [0.5, 0.6) is 11.5 Å². The molecule has 31 heavy (non-hydrogen) atoms. The van der Waals surface area contributed by atoms with Gasteiger partial charge in [0.15, 0.2) is 9.84 Å². The lowest BCUT2D eigenvalue weighted by Crippen LogP contribution is -2.52. The van der Waals surface area contributed by atoms with Crippen molar-refractivity contribution in [3.05, 3.63) is 54.6 Å². The van der Waals surface area contributed by atoms with Crippen molar-refractivity contribution >= 4 is 15.7 Å². The van der Waals surface area contributed by atoms with Gasteiger partial charge in [-0.25, -0.2) is 13.9 Å². The van der Waals surface area contributed by atoms with E-state index < -0.39 is 20.5 Å². The number of hydrogen-bond acceptors (Lipinski definition) is 6. The number of ether oxygens (including phenoxy) is 1. The molecule has 1 fully saturated rings. The molecule has 0 unspecified atom stereocenters. The van der Waals surface area contributed by atoms with Gasteiger partial charge < -0.3 is 9.64 Å². The van der Waals surface area contributed by atoms with E-state index in [0.29, 0.717) is 43.3 Å². The van der Waals surface area contributed by atoms with Gasteiger partial charge in [0.2, 0.25) is 5.91 Å². The fraction of sp³-hybridized carbons (Fsp3) is 0.435. The van der Waals surface area contributed by atoms with E-state index in [1.54, 1.807) is 17.6 Å². The number of piperidine rings is 1. The number of nitrogens with zero attached hydrogens (tertiary/aromatic N) is 1. The van der Waals surface area contributed by atoms with Gasteiger partial charge in [0, 0.05) is 13.0 Å². The van der Waals surface area contributed by atoms with E-state index in [4.69, 9.17) is 9.94 Å². The van der Waals surface area contributed by atoms with Gasteiger partial charge in [-0.05, 0) is 68.2 Å². The number of amides is 1. The predicted molar refractivity (Wildman–Crippen MR) is 118 cm³/mol. The van der Waals surface area contributed by atoms with Crippen molar-refractivity contribution in [3.8, 4) is 11.5 Å². The zero-order valence-corrected chi connectivity index (χ0v) is 18.8. The molecule has 2 aromatic rings. The van der Waals surface area contributed by atoms with Crippen molar-refractivity contribution < 1.29 is 23.2 Å². The zero-order chi connectivity index (χ0) is 22.5. The number of hydrogen-bond donors (Lipinski definition) is 2. The lowest BCUT2D eigenvalue weighted by Gasteiger charge is -2.41. The minimum atomic E-state index is -3.82. The Morgan fingerprint density at radius 3 is 2.19 bits per heavy atom. The highest BCUT2D eigenvalue weighted by Crippen LogP contribution is 2.39. The molecule has 1 saturated heterocycles. The number of carbonyl (C=O) groups is 1. The summed E-state index contributed by atoms with van der Waals surface area (Å²) < 4.78 is 31.8. The van der Waals surface area contributed by atoms with Gasteiger partial charge in [0.05, 0.1) is 9.64 Å². The summed E-state index contributed by atoms with van der Waals surface area (Å²) in [5.41, 5.74) is 1.60. The highest BCUT2D eigenvalue weighted by Gasteiger charge is 2.48. The minimum Gasteiger partial charge on any atom is -0.457 e. The summed E-state index contributed by atoms with van der Waals surface area (Å²) in [6, 6.07) is 15.5. The summed E-state index contributed by atoms with van der Waals surface area (Å²) in [6.07, 6.45) is 0.388. The number of hydroxylamine groups is 1. The van der Waals surface area contributed by atoms with E-state index in [9.17, 15) is 13.2 Å². The fourth-order valence-corrected chi connectivity index (χ4v) is 6.13. The SMILES string of the molecule is CC(C)CN1CCC(CC(=O)NO)(S(=O)(=O)c2ccc(Oc3ccccc3)cc2)CC1. The molecule has 1 aliphatic heterocycles. The summed E-state index contributed by atoms with van der Waals surface area (Å²) in [7, 11) is -3.82. The molecule has 0 saturated carbocycles. The van der Waals surface area contributed by atoms with E-state index >= 15 is 0 Å². The maximum absolute atomic E-state index is 13.6. The molecule has 1 heterocycles. The van der Waals surface area contributed by atoms with Gasteiger partial charge in [-0.3, -0.25) is 10.0 Å². The number of rotatable bonds is 8. The van der Waals surface area contributed by atoms with Crippen molar-refractivity contribution in [2.75, 3.05) is 19.6 Å². The molecule has 1 amide bonds. The van der Waals surface area contributed by atoms with Crippen LogP contribution in [0.2, 0.25) is 0 Å². The second-order valence-corrected chi connectivity index (χ2v) is 10.8. The number of benzene rings is 2. The number of nitrogens with one attached hydrogen (secondary N) is 1. The van der Waals surface area contributed by atoms with Crippen LogP contribution in [0, 0.1) is 5.92 Å². The number of sulfone groups is 1. The molecule has 0 atom stereocenters. The molecule has 3 rings (SSSR count). The van der Waals surface area contributed by atoms with Crippen LogP contribution in [0.15, 0.2) is 59.5 Å². The Balaban J connectivity index is 1.83. The molecule has 2 aromatic carbocycles. The normalized spacial score (nSPS) is 16.8. The fourth-order valence-electron chi connectivity index (χ4n) is 4.09. The van der Waals surface area contributed by atoms with E-state index in [1.165, 1.54) is 12.1 Å². The highest BCUT2D eigenvalue weighted by atomic mass is 32.2. The molecule has 1 aliphatic rings. The second kappa shape index (κ2) is 9.80. The summed E-state index contributed by atoms with van der Waals surface area (Å²) in [5.74, 6) is 0.970. The third kappa shape index (κ3) is 5.44. The highest BCUT2D eigenvalue weighted by molar-refractivity contribution is 7.92. The molecule has 0 aliphatic carbocycles. The van der Waals surface area contributed by atoms with E-state index in [2.05, 4.69) is 18.7 Å². The third-order valence-corrected chi connectivity index (χ3v) is 8.27. The Morgan fingerprint density at radius 2 is 1.65 bits per heavy atom. The monoisotopic (exact) mass is 446 g/mol. The maximum atomic E-state index is 13.6. The summed E-state index contributed by atoms with van der Waals surface area (Å²) >= 11 is 0. The first-order chi connectivity index (χ1) is 14.8. The second-order valence-electron chi connectivity index (χ2n) is 8.48. The van der Waals surface area contributed by atoms with Gasteiger partial charge in [-0.15, -0.1) is 0 Å². The molecule has 2 N–H and O–H groups in total. The topological polar surface area (TPSA) is 95.9 Å². The van der Waals surface area contributed by atoms with Gasteiger partial charge in [0.25, 0.3) is 0 Å². The predicted octanol–water partition coefficient (Wildman–Crippen LogP) is 3.64. The van der Waals surface area contributed by atoms with Gasteiger partial charge in [-0.1, -0.05) is 32.0 Å². The quantitative estimate of drug-likeness (QED) is 0.475. The molecular weight excluding hydrogens is 416 g/mol. The van der Waals surface area contributed by atoms with Crippen molar-refractivity contribution in [1.82, 2.24) is 10.4 Å². The van der Waals surface area contributed by atoms with Crippen LogP contribution in [-0.4, -0.2) is 48.8 Å². The summed E-state index contributed by atoms with van der Waals surface area (Å²) in [4.78, 5) is 14.4. The molecular formula is C23H30N2O5S. The zero-order valence-electron chi connectivity index (χ0n) is 18.0. The molecule has 0 aromatic heterocycles. The van der Waals surface area contributed by atoms with Crippen molar-refractivity contribution in [2.45, 2.75) is 42.8 Å². The molecule has 8 heteroatoms. The lowest BCUT2D eigenvalue weighted by molar-refractivity contribution is -0.130. The van der Waals surface area contributed by atoms with Crippen LogP contribution in [0.4, 0.5) is 0 Å². The van der Waals surface area contributed by atoms with Crippen molar-refractivity contribution in [2.24, 2.45) is 5.92 Å². The number of carbonyl (C=O) groups excluding carboxylic acids is 1. The third-order valence-electron chi connectivity index (χ3n) is 5.68. The standard InChI is InChI=1S/C23H30N2O5S/c1-18(2)17-25-14-12-23(13-15-25,16-22(26)24-27)31(28,29)21-10-8-20(9-11-21)30-19-6-4-3-5-7-19/h3-11,18,27H,12-17H2,1-2H3,(H,24,26). The Hall–Kier alpha value is -2.42. The van der Waals surface area contributed by atoms with E-state index in [-0.39, 0.29) is 11.3 Å². The Morgan fingerprint density at radius 1 is 1.06 bits per heavy atom. The smallest absolute Gasteiger partial charge is 0.244 e. The Labute approximate surface area is 183 Å². The van der Waals surface area contributed by atoms with Crippen LogP contribution in [-0.2, 0) is 14.6 Å². The van der Waals surface area contributed by atoms with Crippen LogP contribution in [0.3, 0.4) is 0 Å². The minimum absolute atomic E-state index is 0.149. The molecule has 0 radical (unpaired) electrons. The van der Waals surface area contributed by atoms with E-state index in [0.717, 1.165) is 6.54 Å². The van der Waals surface area contributed by atoms with Crippen LogP contribution in [0.1, 0.15) is 33.1 Å². The molecule has 0 bridgehead atoms. The number of para-hydroxylation sites is 1. The maximum Gasteiger partial charge on any atom is 0.244 e. The van der Waals surface area contributed by atoms with Crippen molar-refractivity contribution in [1.29, 1.82) is 0 Å². The van der Waals surface area contributed by atoms with Crippen LogP contribution in [0.25, 0.3) is 0 Å². The summed E-state index contributed by atoms with van der Waals surface area (Å²) in [5, 5.41) is 9.04. The van der Waals surface area contributed by atoms with Crippen LogP contribution < -0.4 is 10.2 Å². The Bertz CT molecular complexity index is 967.